The molecular weight excluding hydrogens is 480 g/mol. The van der Waals surface area contributed by atoms with Gasteiger partial charge >= 0.3 is 0 Å². The zero-order valence-electron chi connectivity index (χ0n) is 22.4. The number of likely N-dealkylation sites (tertiary alicyclic amines) is 1. The molecule has 1 aliphatic heterocycles. The topological polar surface area (TPSA) is 98.8 Å². The van der Waals surface area contributed by atoms with Crippen LogP contribution < -0.4 is 10.6 Å². The number of nitrogens with one attached hydrogen (secondary N) is 2. The Kier molecular flexibility index (Phi) is 8.29. The van der Waals surface area contributed by atoms with Crippen LogP contribution in [-0.4, -0.2) is 66.2 Å². The maximum Gasteiger partial charge on any atom is 0.249 e. The van der Waals surface area contributed by atoms with Gasteiger partial charge in [0.2, 0.25) is 24.1 Å². The van der Waals surface area contributed by atoms with Crippen molar-refractivity contribution in [1.82, 2.24) is 20.4 Å². The van der Waals surface area contributed by atoms with Crippen molar-refractivity contribution in [2.24, 2.45) is 5.92 Å². The van der Waals surface area contributed by atoms with Crippen LogP contribution in [0.25, 0.3) is 11.1 Å². The molecule has 0 aromatic heterocycles. The van der Waals surface area contributed by atoms with Crippen LogP contribution >= 0.6 is 0 Å². The zero-order valence-corrected chi connectivity index (χ0v) is 22.4. The smallest absolute Gasteiger partial charge is 0.249 e. The summed E-state index contributed by atoms with van der Waals surface area (Å²) in [6.07, 6.45) is 3.63. The van der Waals surface area contributed by atoms with Crippen molar-refractivity contribution in [3.63, 3.8) is 0 Å². The van der Waals surface area contributed by atoms with Gasteiger partial charge in [0.15, 0.2) is 0 Å². The summed E-state index contributed by atoms with van der Waals surface area (Å²) in [5.74, 6) is -0.564. The average molecular weight is 517 g/mol. The molecule has 8 heteroatoms. The molecule has 200 valence electrons. The Bertz CT molecular complexity index is 1210. The van der Waals surface area contributed by atoms with Gasteiger partial charge in [0.1, 0.15) is 6.04 Å². The third-order valence-electron chi connectivity index (χ3n) is 7.56. The van der Waals surface area contributed by atoms with Gasteiger partial charge in [-0.2, -0.15) is 0 Å². The third kappa shape index (κ3) is 5.35. The number of carbonyl (C=O) groups is 4. The summed E-state index contributed by atoms with van der Waals surface area (Å²) < 4.78 is 0. The number of hydrogen-bond donors (Lipinski definition) is 2. The van der Waals surface area contributed by atoms with Gasteiger partial charge in [-0.15, -0.1) is 0 Å². The highest BCUT2D eigenvalue weighted by molar-refractivity contribution is 5.97. The minimum atomic E-state index is -0.556. The van der Waals surface area contributed by atoms with E-state index in [-0.39, 0.29) is 42.3 Å². The van der Waals surface area contributed by atoms with Crippen LogP contribution in [0.4, 0.5) is 0 Å². The van der Waals surface area contributed by atoms with E-state index in [1.165, 1.54) is 0 Å². The lowest BCUT2D eigenvalue weighted by atomic mass is 9.99. The van der Waals surface area contributed by atoms with Gasteiger partial charge in [-0.1, -0.05) is 68.5 Å². The lowest BCUT2D eigenvalue weighted by Gasteiger charge is -2.30. The van der Waals surface area contributed by atoms with Gasteiger partial charge in [-0.05, 0) is 47.9 Å². The fourth-order valence-corrected chi connectivity index (χ4v) is 5.56. The van der Waals surface area contributed by atoms with Gasteiger partial charge in [-0.25, -0.2) is 0 Å². The third-order valence-corrected chi connectivity index (χ3v) is 7.56. The van der Waals surface area contributed by atoms with Crippen molar-refractivity contribution >= 4 is 24.1 Å². The molecule has 1 aliphatic carbocycles. The lowest BCUT2D eigenvalue weighted by Crippen LogP contribution is -2.47. The van der Waals surface area contributed by atoms with Crippen LogP contribution in [0.15, 0.2) is 60.2 Å². The predicted octanol–water partition coefficient (Wildman–Crippen LogP) is 3.04. The standard InChI is InChI=1S/C30H36N4O4/c1-19(2)26(33(4)27(36)17-31-18-35)16-20(3)30(38)34-15-9-14-25(34)29(37)32-28-23-12-7-5-10-21(23)22-11-6-8-13-24(22)28/h5-8,10-13,16,18-19,25-26,28H,9,14-15,17H2,1-4H3,(H,31,35)(H,32,37)/b20-16+/t25-,26+/m0/s1. The molecule has 2 aromatic carbocycles. The van der Waals surface area contributed by atoms with Crippen molar-refractivity contribution in [1.29, 1.82) is 0 Å². The zero-order chi connectivity index (χ0) is 27.4. The molecule has 0 unspecified atom stereocenters. The molecule has 2 aliphatic rings. The Morgan fingerprint density at radius 3 is 2.24 bits per heavy atom. The molecule has 0 saturated carbocycles. The highest BCUT2D eigenvalue weighted by Gasteiger charge is 2.38. The fraction of sp³-hybridized carbons (Fsp3) is 0.400. The average Bonchev–Trinajstić information content (AvgIpc) is 3.53. The van der Waals surface area contributed by atoms with Crippen molar-refractivity contribution in [2.45, 2.75) is 51.7 Å². The molecule has 8 nitrogen and oxygen atoms in total. The number of rotatable bonds is 9. The number of likely N-dealkylation sites (N-methyl/N-ethyl adjacent to an activating group) is 1. The van der Waals surface area contributed by atoms with Gasteiger partial charge in [-0.3, -0.25) is 19.2 Å². The molecule has 2 aromatic rings. The Labute approximate surface area is 224 Å². The van der Waals surface area contributed by atoms with E-state index in [4.69, 9.17) is 0 Å². The Hall–Kier alpha value is -3.94. The molecular formula is C30H36N4O4. The maximum absolute atomic E-state index is 13.6. The van der Waals surface area contributed by atoms with Gasteiger partial charge in [0, 0.05) is 19.2 Å². The van der Waals surface area contributed by atoms with Crippen molar-refractivity contribution in [3.8, 4) is 11.1 Å². The first-order valence-corrected chi connectivity index (χ1v) is 13.1. The molecule has 2 N–H and O–H groups in total. The number of fused-ring (bicyclic) bond motifs is 3. The van der Waals surface area contributed by atoms with E-state index in [0.717, 1.165) is 28.7 Å². The van der Waals surface area contributed by atoms with E-state index in [9.17, 15) is 19.2 Å². The summed E-state index contributed by atoms with van der Waals surface area (Å²) in [7, 11) is 1.66. The normalized spacial score (nSPS) is 17.6. The largest absolute Gasteiger partial charge is 0.350 e. The van der Waals surface area contributed by atoms with E-state index in [0.29, 0.717) is 24.9 Å². The Balaban J connectivity index is 1.50. The number of nitrogens with zero attached hydrogens (tertiary/aromatic N) is 2. The van der Waals surface area contributed by atoms with E-state index < -0.39 is 6.04 Å². The Morgan fingerprint density at radius 2 is 1.66 bits per heavy atom. The minimum Gasteiger partial charge on any atom is -0.350 e. The maximum atomic E-state index is 13.6. The molecule has 1 heterocycles. The molecule has 0 spiro atoms. The molecule has 1 fully saturated rings. The first-order valence-electron chi connectivity index (χ1n) is 13.1. The fourth-order valence-electron chi connectivity index (χ4n) is 5.56. The van der Waals surface area contributed by atoms with Crippen molar-refractivity contribution < 1.29 is 19.2 Å². The van der Waals surface area contributed by atoms with E-state index in [1.807, 2.05) is 50.2 Å². The van der Waals surface area contributed by atoms with Crippen LogP contribution in [0.2, 0.25) is 0 Å². The monoisotopic (exact) mass is 516 g/mol. The van der Waals surface area contributed by atoms with Gasteiger partial charge < -0.3 is 20.4 Å². The number of benzene rings is 2. The van der Waals surface area contributed by atoms with Crippen LogP contribution in [0.1, 0.15) is 50.8 Å². The number of carbonyl (C=O) groups excluding carboxylic acids is 4. The highest BCUT2D eigenvalue weighted by atomic mass is 16.2. The molecule has 0 bridgehead atoms. The second-order valence-electron chi connectivity index (χ2n) is 10.4. The van der Waals surface area contributed by atoms with E-state index in [1.54, 1.807) is 29.8 Å². The predicted molar refractivity (Wildman–Crippen MR) is 146 cm³/mol. The van der Waals surface area contributed by atoms with E-state index >= 15 is 0 Å². The quantitative estimate of drug-likeness (QED) is 0.395. The molecule has 2 atom stereocenters. The first-order chi connectivity index (χ1) is 18.2. The Morgan fingerprint density at radius 1 is 1.05 bits per heavy atom. The first kappa shape index (κ1) is 27.1. The number of amides is 4. The van der Waals surface area contributed by atoms with Crippen LogP contribution in [0, 0.1) is 5.92 Å². The van der Waals surface area contributed by atoms with Crippen molar-refractivity contribution in [2.75, 3.05) is 20.1 Å². The molecule has 4 amide bonds. The number of hydrogen-bond acceptors (Lipinski definition) is 4. The summed E-state index contributed by atoms with van der Waals surface area (Å²) in [6, 6.07) is 15.0. The lowest BCUT2D eigenvalue weighted by molar-refractivity contribution is -0.136. The highest BCUT2D eigenvalue weighted by Crippen LogP contribution is 2.43. The second kappa shape index (κ2) is 11.6. The van der Waals surface area contributed by atoms with Crippen LogP contribution in [0.5, 0.6) is 0 Å². The summed E-state index contributed by atoms with van der Waals surface area (Å²) in [4.78, 5) is 53.4. The summed E-state index contributed by atoms with van der Waals surface area (Å²) in [6.45, 7) is 6.07. The van der Waals surface area contributed by atoms with Crippen LogP contribution in [0.3, 0.4) is 0 Å². The van der Waals surface area contributed by atoms with Crippen LogP contribution in [-0.2, 0) is 19.2 Å². The molecule has 4 rings (SSSR count). The van der Waals surface area contributed by atoms with Gasteiger partial charge in [0.25, 0.3) is 0 Å². The SMILES string of the molecule is C/C(=C\[C@H](C(C)C)N(C)C(=O)CNC=O)C(=O)N1CCC[C@H]1C(=O)NC1c2ccccc2-c2ccccc21. The summed E-state index contributed by atoms with van der Waals surface area (Å²) in [5.41, 5.74) is 4.85. The molecule has 0 radical (unpaired) electrons. The van der Waals surface area contributed by atoms with E-state index in [2.05, 4.69) is 22.8 Å². The van der Waals surface area contributed by atoms with Crippen molar-refractivity contribution in [3.05, 3.63) is 71.3 Å². The minimum absolute atomic E-state index is 0.0445. The summed E-state index contributed by atoms with van der Waals surface area (Å²) in [5, 5.41) is 5.62. The van der Waals surface area contributed by atoms with Gasteiger partial charge in [0.05, 0.1) is 18.6 Å². The molecule has 1 saturated heterocycles. The summed E-state index contributed by atoms with van der Waals surface area (Å²) >= 11 is 0. The molecule has 38 heavy (non-hydrogen) atoms. The second-order valence-corrected chi connectivity index (χ2v) is 10.4.